The van der Waals surface area contributed by atoms with Gasteiger partial charge >= 0.3 is 5.97 Å². The molecule has 0 aromatic heterocycles. The predicted molar refractivity (Wildman–Crippen MR) is 84.7 cm³/mol. The van der Waals surface area contributed by atoms with Crippen molar-refractivity contribution in [2.75, 3.05) is 19.8 Å². The molecule has 1 rings (SSSR count). The smallest absolute Gasteiger partial charge is 0.326 e. The fourth-order valence-electron chi connectivity index (χ4n) is 2.33. The largest absolute Gasteiger partial charge is 0.493 e. The van der Waals surface area contributed by atoms with Gasteiger partial charge in [0.2, 0.25) is 0 Å². The van der Waals surface area contributed by atoms with E-state index in [0.29, 0.717) is 26.2 Å². The Morgan fingerprint density at radius 1 is 1.19 bits per heavy atom. The molecule has 0 aliphatic rings. The summed E-state index contributed by atoms with van der Waals surface area (Å²) in [7, 11) is 0. The summed E-state index contributed by atoms with van der Waals surface area (Å²) in [5.74, 6) is 0.617. The Labute approximate surface area is 127 Å². The number of carbonyl (C=O) groups excluding carboxylic acids is 1. The number of esters is 1. The van der Waals surface area contributed by atoms with Gasteiger partial charge in [0, 0.05) is 6.42 Å². The standard InChI is InChI=1S/C17H27NO3/c1-6-18-17(5,16(19)20-7-2)8-9-21-15-11-13(3)10-14(4)12-15/h10-12,18H,6-9H2,1-5H3. The molecule has 4 heteroatoms. The number of nitrogens with one attached hydrogen (secondary N) is 1. The van der Waals surface area contributed by atoms with Gasteiger partial charge in [-0.2, -0.15) is 0 Å². The van der Waals surface area contributed by atoms with E-state index in [1.54, 1.807) is 0 Å². The Bertz CT molecular complexity index is 453. The molecule has 4 nitrogen and oxygen atoms in total. The van der Waals surface area contributed by atoms with Crippen LogP contribution >= 0.6 is 0 Å². The maximum absolute atomic E-state index is 12.1. The summed E-state index contributed by atoms with van der Waals surface area (Å²) in [6.45, 7) is 11.3. The topological polar surface area (TPSA) is 47.6 Å². The van der Waals surface area contributed by atoms with Crippen LogP contribution in [0, 0.1) is 13.8 Å². The van der Waals surface area contributed by atoms with Gasteiger partial charge in [-0.05, 0) is 57.5 Å². The van der Waals surface area contributed by atoms with Crippen LogP contribution in [0.1, 0.15) is 38.3 Å². The Morgan fingerprint density at radius 3 is 2.33 bits per heavy atom. The highest BCUT2D eigenvalue weighted by atomic mass is 16.5. The summed E-state index contributed by atoms with van der Waals surface area (Å²) in [5, 5.41) is 3.20. The van der Waals surface area contributed by atoms with Crippen LogP contribution in [-0.2, 0) is 9.53 Å². The minimum atomic E-state index is -0.705. The van der Waals surface area contributed by atoms with Crippen molar-refractivity contribution in [2.45, 2.75) is 46.6 Å². The van der Waals surface area contributed by atoms with Gasteiger partial charge in [0.1, 0.15) is 11.3 Å². The third-order valence-electron chi connectivity index (χ3n) is 3.36. The van der Waals surface area contributed by atoms with E-state index >= 15 is 0 Å². The van der Waals surface area contributed by atoms with Crippen LogP contribution in [0.5, 0.6) is 5.75 Å². The molecule has 0 heterocycles. The molecule has 1 atom stereocenters. The van der Waals surface area contributed by atoms with Crippen LogP contribution in [0.25, 0.3) is 0 Å². The van der Waals surface area contributed by atoms with Crippen LogP contribution in [0.4, 0.5) is 0 Å². The predicted octanol–water partition coefficient (Wildman–Crippen LogP) is 3.00. The van der Waals surface area contributed by atoms with Crippen LogP contribution in [0.15, 0.2) is 18.2 Å². The maximum atomic E-state index is 12.1. The van der Waals surface area contributed by atoms with Crippen molar-refractivity contribution in [1.29, 1.82) is 0 Å². The number of ether oxygens (including phenoxy) is 2. The highest BCUT2D eigenvalue weighted by Gasteiger charge is 2.33. The SMILES string of the molecule is CCNC(C)(CCOc1cc(C)cc(C)c1)C(=O)OCC. The highest BCUT2D eigenvalue weighted by molar-refractivity contribution is 5.80. The summed E-state index contributed by atoms with van der Waals surface area (Å²) in [4.78, 5) is 12.1. The Hall–Kier alpha value is -1.55. The van der Waals surface area contributed by atoms with E-state index in [1.165, 1.54) is 11.1 Å². The van der Waals surface area contributed by atoms with E-state index in [4.69, 9.17) is 9.47 Å². The molecule has 0 saturated carbocycles. The molecule has 1 N–H and O–H groups in total. The van der Waals surface area contributed by atoms with Crippen molar-refractivity contribution < 1.29 is 14.3 Å². The van der Waals surface area contributed by atoms with Crippen molar-refractivity contribution in [3.8, 4) is 5.75 Å². The molecule has 21 heavy (non-hydrogen) atoms. The van der Waals surface area contributed by atoms with Gasteiger partial charge in [0.25, 0.3) is 0 Å². The van der Waals surface area contributed by atoms with Crippen LogP contribution in [-0.4, -0.2) is 31.3 Å². The monoisotopic (exact) mass is 293 g/mol. The summed E-state index contributed by atoms with van der Waals surface area (Å²) in [5.41, 5.74) is 1.64. The first-order valence-electron chi connectivity index (χ1n) is 7.54. The van der Waals surface area contributed by atoms with E-state index in [0.717, 1.165) is 5.75 Å². The fourth-order valence-corrected chi connectivity index (χ4v) is 2.33. The quantitative estimate of drug-likeness (QED) is 0.749. The molecule has 0 amide bonds. The lowest BCUT2D eigenvalue weighted by Gasteiger charge is -2.28. The van der Waals surface area contributed by atoms with Gasteiger partial charge in [-0.1, -0.05) is 13.0 Å². The molecule has 0 radical (unpaired) electrons. The molecular formula is C17H27NO3. The third-order valence-corrected chi connectivity index (χ3v) is 3.36. The van der Waals surface area contributed by atoms with Gasteiger partial charge in [-0.15, -0.1) is 0 Å². The minimum absolute atomic E-state index is 0.226. The van der Waals surface area contributed by atoms with Crippen molar-refractivity contribution >= 4 is 5.97 Å². The molecular weight excluding hydrogens is 266 g/mol. The van der Waals surface area contributed by atoms with E-state index < -0.39 is 5.54 Å². The Morgan fingerprint density at radius 2 is 1.81 bits per heavy atom. The molecule has 0 bridgehead atoms. The van der Waals surface area contributed by atoms with Gasteiger partial charge in [-0.25, -0.2) is 0 Å². The van der Waals surface area contributed by atoms with E-state index in [9.17, 15) is 4.79 Å². The van der Waals surface area contributed by atoms with Crippen LogP contribution < -0.4 is 10.1 Å². The average molecular weight is 293 g/mol. The zero-order valence-electron chi connectivity index (χ0n) is 13.8. The van der Waals surface area contributed by atoms with Crippen LogP contribution in [0.2, 0.25) is 0 Å². The van der Waals surface area contributed by atoms with Gasteiger partial charge < -0.3 is 14.8 Å². The molecule has 1 aromatic carbocycles. The van der Waals surface area contributed by atoms with Crippen molar-refractivity contribution in [2.24, 2.45) is 0 Å². The lowest BCUT2D eigenvalue weighted by atomic mass is 9.98. The molecule has 0 fully saturated rings. The van der Waals surface area contributed by atoms with E-state index in [1.807, 2.05) is 46.8 Å². The lowest BCUT2D eigenvalue weighted by molar-refractivity contribution is -0.151. The molecule has 0 aliphatic carbocycles. The van der Waals surface area contributed by atoms with Crippen molar-refractivity contribution in [1.82, 2.24) is 5.32 Å². The Kier molecular flexibility index (Phi) is 6.69. The van der Waals surface area contributed by atoms with Gasteiger partial charge in [0.15, 0.2) is 0 Å². The second-order valence-electron chi connectivity index (χ2n) is 5.50. The first-order valence-corrected chi connectivity index (χ1v) is 7.54. The number of rotatable bonds is 8. The zero-order chi connectivity index (χ0) is 15.9. The second kappa shape index (κ2) is 8.03. The molecule has 0 saturated heterocycles. The molecule has 0 spiro atoms. The van der Waals surface area contributed by atoms with Crippen molar-refractivity contribution in [3.63, 3.8) is 0 Å². The molecule has 1 aromatic rings. The first-order chi connectivity index (χ1) is 9.91. The summed E-state index contributed by atoms with van der Waals surface area (Å²) in [6, 6.07) is 6.11. The average Bonchev–Trinajstić information content (AvgIpc) is 2.38. The Balaban J connectivity index is 2.63. The summed E-state index contributed by atoms with van der Waals surface area (Å²) >= 11 is 0. The third kappa shape index (κ3) is 5.38. The molecule has 118 valence electrons. The summed E-state index contributed by atoms with van der Waals surface area (Å²) in [6.07, 6.45) is 0.562. The number of carbonyl (C=O) groups is 1. The van der Waals surface area contributed by atoms with E-state index in [2.05, 4.69) is 11.4 Å². The van der Waals surface area contributed by atoms with Crippen molar-refractivity contribution in [3.05, 3.63) is 29.3 Å². The van der Waals surface area contributed by atoms with E-state index in [-0.39, 0.29) is 5.97 Å². The number of hydrogen-bond acceptors (Lipinski definition) is 4. The van der Waals surface area contributed by atoms with Gasteiger partial charge in [-0.3, -0.25) is 4.79 Å². The summed E-state index contributed by atoms with van der Waals surface area (Å²) < 4.78 is 10.9. The normalized spacial score (nSPS) is 13.6. The molecule has 0 aliphatic heterocycles. The highest BCUT2D eigenvalue weighted by Crippen LogP contribution is 2.18. The number of benzene rings is 1. The fraction of sp³-hybridized carbons (Fsp3) is 0.588. The van der Waals surface area contributed by atoms with Gasteiger partial charge in [0.05, 0.1) is 13.2 Å². The van der Waals surface area contributed by atoms with Crippen LogP contribution in [0.3, 0.4) is 0 Å². The molecule has 1 unspecified atom stereocenters. The number of hydrogen-bond donors (Lipinski definition) is 1. The lowest BCUT2D eigenvalue weighted by Crippen LogP contribution is -2.51. The number of likely N-dealkylation sites (N-methyl/N-ethyl adjacent to an activating group) is 1. The first kappa shape index (κ1) is 17.5. The number of aryl methyl sites for hydroxylation is 2. The maximum Gasteiger partial charge on any atom is 0.326 e. The second-order valence-corrected chi connectivity index (χ2v) is 5.50. The minimum Gasteiger partial charge on any atom is -0.493 e. The zero-order valence-corrected chi connectivity index (χ0v) is 13.8.